The average molecular weight is 261 g/mol. The van der Waals surface area contributed by atoms with E-state index in [0.29, 0.717) is 17.3 Å². The number of piperidine rings is 3. The number of hydrogen-bond donors (Lipinski definition) is 3. The van der Waals surface area contributed by atoms with Crippen LogP contribution < -0.4 is 16.6 Å². The van der Waals surface area contributed by atoms with E-state index in [1.54, 1.807) is 18.3 Å². The van der Waals surface area contributed by atoms with Crippen molar-refractivity contribution in [2.45, 2.75) is 18.9 Å². The van der Waals surface area contributed by atoms with Gasteiger partial charge in [-0.1, -0.05) is 0 Å². The Hall–Kier alpha value is -1.66. The lowest BCUT2D eigenvalue weighted by Crippen LogP contribution is -2.57. The first kappa shape index (κ1) is 12.4. The summed E-state index contributed by atoms with van der Waals surface area (Å²) >= 11 is 0. The molecule has 1 unspecified atom stereocenters. The molecule has 4 rings (SSSR count). The Bertz CT molecular complexity index is 470. The molecule has 1 atom stereocenters. The van der Waals surface area contributed by atoms with Gasteiger partial charge in [-0.15, -0.1) is 0 Å². The van der Waals surface area contributed by atoms with E-state index >= 15 is 0 Å². The molecular formula is C13H19N5O. The first-order valence-corrected chi connectivity index (χ1v) is 6.72. The number of hydrogen-bond acceptors (Lipinski definition) is 5. The molecule has 0 saturated carbocycles. The first-order chi connectivity index (χ1) is 9.26. The third-order valence-corrected chi connectivity index (χ3v) is 4.13. The molecule has 3 saturated heterocycles. The maximum atomic E-state index is 12.2. The molecule has 0 aromatic carbocycles. The van der Waals surface area contributed by atoms with E-state index in [1.165, 1.54) is 25.9 Å². The lowest BCUT2D eigenvalue weighted by atomic mass is 9.84. The van der Waals surface area contributed by atoms with Gasteiger partial charge < -0.3 is 15.6 Å². The topological polar surface area (TPSA) is 83.3 Å². The summed E-state index contributed by atoms with van der Waals surface area (Å²) in [5.41, 5.74) is 3.62. The van der Waals surface area contributed by atoms with Crippen LogP contribution >= 0.6 is 0 Å². The Morgan fingerprint density at radius 2 is 2.21 bits per heavy atom. The van der Waals surface area contributed by atoms with Crippen LogP contribution in [0.2, 0.25) is 0 Å². The number of pyridine rings is 1. The highest BCUT2D eigenvalue weighted by Crippen LogP contribution is 2.27. The average Bonchev–Trinajstić information content (AvgIpc) is 2.48. The normalized spacial score (nSPS) is 29.0. The minimum absolute atomic E-state index is 0.115. The summed E-state index contributed by atoms with van der Waals surface area (Å²) < 4.78 is 0. The van der Waals surface area contributed by atoms with Gasteiger partial charge in [-0.2, -0.15) is 0 Å². The van der Waals surface area contributed by atoms with Gasteiger partial charge in [-0.3, -0.25) is 15.6 Å². The zero-order chi connectivity index (χ0) is 13.2. The SMILES string of the molecule is NNc1ccnc(C(=O)NC2CN3CCC2CC3)c1. The molecule has 3 aliphatic heterocycles. The molecule has 3 fully saturated rings. The molecule has 1 amide bonds. The first-order valence-electron chi connectivity index (χ1n) is 6.72. The van der Waals surface area contributed by atoms with Crippen molar-refractivity contribution in [3.63, 3.8) is 0 Å². The Balaban J connectivity index is 1.67. The highest BCUT2D eigenvalue weighted by molar-refractivity contribution is 5.93. The van der Waals surface area contributed by atoms with Crippen molar-refractivity contribution in [1.82, 2.24) is 15.2 Å². The van der Waals surface area contributed by atoms with E-state index in [-0.39, 0.29) is 11.9 Å². The third kappa shape index (κ3) is 2.54. The molecule has 6 nitrogen and oxygen atoms in total. The number of nitrogens with two attached hydrogens (primary N) is 1. The zero-order valence-electron chi connectivity index (χ0n) is 10.8. The second kappa shape index (κ2) is 5.14. The molecule has 102 valence electrons. The predicted molar refractivity (Wildman–Crippen MR) is 72.5 cm³/mol. The number of amides is 1. The standard InChI is InChI=1S/C13H19N5O/c14-17-10-1-4-15-11(7-10)13(19)16-12-8-18-5-2-9(12)3-6-18/h1,4,7,9,12H,2-3,5-6,8,14H2,(H,15,17)(H,16,19). The number of rotatable bonds is 3. The Kier molecular flexibility index (Phi) is 3.35. The van der Waals surface area contributed by atoms with E-state index in [4.69, 9.17) is 5.84 Å². The van der Waals surface area contributed by atoms with Crippen LogP contribution in [0.4, 0.5) is 5.69 Å². The number of nitrogen functional groups attached to an aromatic ring is 1. The van der Waals surface area contributed by atoms with Crippen LogP contribution in [0.3, 0.4) is 0 Å². The molecule has 19 heavy (non-hydrogen) atoms. The number of fused-ring (bicyclic) bond motifs is 3. The number of hydrazine groups is 1. The molecule has 6 heteroatoms. The molecule has 3 aliphatic rings. The second-order valence-corrected chi connectivity index (χ2v) is 5.29. The Labute approximate surface area is 112 Å². The fourth-order valence-electron chi connectivity index (χ4n) is 3.02. The van der Waals surface area contributed by atoms with Crippen molar-refractivity contribution in [1.29, 1.82) is 0 Å². The minimum atomic E-state index is -0.115. The smallest absolute Gasteiger partial charge is 0.270 e. The Morgan fingerprint density at radius 3 is 2.84 bits per heavy atom. The molecule has 1 aromatic heterocycles. The van der Waals surface area contributed by atoms with E-state index in [0.717, 1.165) is 6.54 Å². The summed E-state index contributed by atoms with van der Waals surface area (Å²) in [6, 6.07) is 3.65. The van der Waals surface area contributed by atoms with Gasteiger partial charge in [0.15, 0.2) is 0 Å². The van der Waals surface area contributed by atoms with Gasteiger partial charge in [-0.05, 0) is 44.0 Å². The molecule has 4 N–H and O–H groups in total. The monoisotopic (exact) mass is 261 g/mol. The van der Waals surface area contributed by atoms with Crippen molar-refractivity contribution in [2.24, 2.45) is 11.8 Å². The largest absolute Gasteiger partial charge is 0.346 e. The molecule has 1 aromatic rings. The van der Waals surface area contributed by atoms with Gasteiger partial charge >= 0.3 is 0 Å². The van der Waals surface area contributed by atoms with Crippen molar-refractivity contribution in [2.75, 3.05) is 25.1 Å². The number of aromatic nitrogens is 1. The summed E-state index contributed by atoms with van der Waals surface area (Å²) in [4.78, 5) is 18.7. The van der Waals surface area contributed by atoms with Gasteiger partial charge in [0.25, 0.3) is 5.91 Å². The lowest BCUT2D eigenvalue weighted by molar-refractivity contribution is 0.0618. The summed E-state index contributed by atoms with van der Waals surface area (Å²) in [7, 11) is 0. The minimum Gasteiger partial charge on any atom is -0.346 e. The summed E-state index contributed by atoms with van der Waals surface area (Å²) in [6.45, 7) is 3.30. The van der Waals surface area contributed by atoms with E-state index in [2.05, 4.69) is 20.6 Å². The van der Waals surface area contributed by atoms with Gasteiger partial charge in [0.05, 0.1) is 5.69 Å². The van der Waals surface area contributed by atoms with Gasteiger partial charge in [0.1, 0.15) is 5.69 Å². The van der Waals surface area contributed by atoms with Crippen LogP contribution in [0.1, 0.15) is 23.3 Å². The predicted octanol–water partition coefficient (Wildman–Crippen LogP) is 0.191. The van der Waals surface area contributed by atoms with Crippen LogP contribution in [0.15, 0.2) is 18.3 Å². The number of anilines is 1. The lowest BCUT2D eigenvalue weighted by Gasteiger charge is -2.44. The van der Waals surface area contributed by atoms with Gasteiger partial charge in [0, 0.05) is 18.8 Å². The molecule has 0 aliphatic carbocycles. The van der Waals surface area contributed by atoms with Crippen LogP contribution in [0, 0.1) is 5.92 Å². The number of carbonyl (C=O) groups excluding carboxylic acids is 1. The zero-order valence-corrected chi connectivity index (χ0v) is 10.8. The van der Waals surface area contributed by atoms with Gasteiger partial charge in [-0.25, -0.2) is 0 Å². The number of carbonyl (C=O) groups is 1. The fraction of sp³-hybridized carbons (Fsp3) is 0.538. The van der Waals surface area contributed by atoms with Crippen LogP contribution in [0.25, 0.3) is 0 Å². The maximum Gasteiger partial charge on any atom is 0.270 e. The molecular weight excluding hydrogens is 242 g/mol. The van der Waals surface area contributed by atoms with E-state index in [9.17, 15) is 4.79 Å². The van der Waals surface area contributed by atoms with Crippen LogP contribution in [-0.2, 0) is 0 Å². The quantitative estimate of drug-likeness (QED) is 0.534. The highest BCUT2D eigenvalue weighted by Gasteiger charge is 2.35. The molecule has 0 radical (unpaired) electrons. The van der Waals surface area contributed by atoms with Crippen molar-refractivity contribution in [3.8, 4) is 0 Å². The summed E-state index contributed by atoms with van der Waals surface area (Å²) in [5.74, 6) is 5.84. The second-order valence-electron chi connectivity index (χ2n) is 5.29. The number of nitrogens with one attached hydrogen (secondary N) is 2. The third-order valence-electron chi connectivity index (χ3n) is 4.13. The molecule has 0 spiro atoms. The van der Waals surface area contributed by atoms with Crippen molar-refractivity contribution in [3.05, 3.63) is 24.0 Å². The Morgan fingerprint density at radius 1 is 1.42 bits per heavy atom. The summed E-state index contributed by atoms with van der Waals surface area (Å²) in [6.07, 6.45) is 3.95. The summed E-state index contributed by atoms with van der Waals surface area (Å²) in [5, 5.41) is 3.11. The molecule has 2 bridgehead atoms. The van der Waals surface area contributed by atoms with Crippen molar-refractivity contribution >= 4 is 11.6 Å². The van der Waals surface area contributed by atoms with Crippen molar-refractivity contribution < 1.29 is 4.79 Å². The van der Waals surface area contributed by atoms with E-state index in [1.807, 2.05) is 0 Å². The molecule has 4 heterocycles. The number of nitrogens with zero attached hydrogens (tertiary/aromatic N) is 2. The fourth-order valence-corrected chi connectivity index (χ4v) is 3.02. The van der Waals surface area contributed by atoms with E-state index < -0.39 is 0 Å². The van der Waals surface area contributed by atoms with Crippen LogP contribution in [-0.4, -0.2) is 41.5 Å². The van der Waals surface area contributed by atoms with Gasteiger partial charge in [0.2, 0.25) is 0 Å². The maximum absolute atomic E-state index is 12.2. The highest BCUT2D eigenvalue weighted by atomic mass is 16.2. The van der Waals surface area contributed by atoms with Crippen LogP contribution in [0.5, 0.6) is 0 Å².